The average Bonchev–Trinajstić information content (AvgIpc) is 2.88. The zero-order chi connectivity index (χ0) is 13.9. The lowest BCUT2D eigenvalue weighted by atomic mass is 10.0. The summed E-state index contributed by atoms with van der Waals surface area (Å²) in [5, 5.41) is 3.35. The van der Waals surface area contributed by atoms with Gasteiger partial charge in [-0.1, -0.05) is 39.5 Å². The minimum atomic E-state index is -0.123. The second kappa shape index (κ2) is 10.2. The quantitative estimate of drug-likeness (QED) is 0.490. The third-order valence-corrected chi connectivity index (χ3v) is 3.53. The van der Waals surface area contributed by atoms with Crippen molar-refractivity contribution >= 4 is 5.97 Å². The highest BCUT2D eigenvalue weighted by molar-refractivity contribution is 5.73. The number of carbonyl (C=O) groups excluding carboxylic acids is 1. The van der Waals surface area contributed by atoms with Crippen LogP contribution in [0.3, 0.4) is 0 Å². The lowest BCUT2D eigenvalue weighted by Crippen LogP contribution is -2.40. The van der Waals surface area contributed by atoms with Gasteiger partial charge in [-0.15, -0.1) is 0 Å². The summed E-state index contributed by atoms with van der Waals surface area (Å²) in [6, 6.07) is 0.132. The minimum absolute atomic E-state index is 0.0957. The summed E-state index contributed by atoms with van der Waals surface area (Å²) in [6.45, 7) is 6.91. The van der Waals surface area contributed by atoms with Crippen LogP contribution < -0.4 is 5.32 Å². The van der Waals surface area contributed by atoms with E-state index >= 15 is 0 Å². The topological polar surface area (TPSA) is 47.6 Å². The molecule has 1 rings (SSSR count). The van der Waals surface area contributed by atoms with E-state index in [-0.39, 0.29) is 17.9 Å². The van der Waals surface area contributed by atoms with Gasteiger partial charge in [-0.2, -0.15) is 0 Å². The Balaban J connectivity index is 2.13. The van der Waals surface area contributed by atoms with Crippen LogP contribution in [-0.4, -0.2) is 38.4 Å². The molecule has 1 aliphatic rings. The third kappa shape index (κ3) is 6.39. The van der Waals surface area contributed by atoms with Crippen LogP contribution in [0, 0.1) is 5.92 Å². The molecule has 0 bridgehead atoms. The van der Waals surface area contributed by atoms with Crippen molar-refractivity contribution in [3.8, 4) is 0 Å². The number of unbranched alkanes of at least 4 members (excludes halogenated alkanes) is 4. The number of esters is 1. The van der Waals surface area contributed by atoms with Gasteiger partial charge < -0.3 is 14.8 Å². The van der Waals surface area contributed by atoms with E-state index in [1.165, 1.54) is 19.3 Å². The molecule has 0 aromatic rings. The molecule has 0 saturated carbocycles. The molecule has 1 saturated heterocycles. The first-order valence-electron chi connectivity index (χ1n) is 7.77. The van der Waals surface area contributed by atoms with Crippen molar-refractivity contribution in [3.05, 3.63) is 0 Å². The predicted molar refractivity (Wildman–Crippen MR) is 76.1 cm³/mol. The summed E-state index contributed by atoms with van der Waals surface area (Å²) < 4.78 is 10.7. The van der Waals surface area contributed by atoms with Crippen LogP contribution in [0.2, 0.25) is 0 Å². The highest BCUT2D eigenvalue weighted by Crippen LogP contribution is 2.16. The smallest absolute Gasteiger partial charge is 0.312 e. The second-order valence-corrected chi connectivity index (χ2v) is 5.29. The number of hydrogen-bond donors (Lipinski definition) is 1. The fraction of sp³-hybridized carbons (Fsp3) is 0.933. The molecule has 0 aromatic heterocycles. The zero-order valence-corrected chi connectivity index (χ0v) is 12.5. The predicted octanol–water partition coefficient (Wildman–Crippen LogP) is 2.51. The Hall–Kier alpha value is -0.610. The van der Waals surface area contributed by atoms with Crippen LogP contribution in [0.1, 0.15) is 52.4 Å². The molecule has 0 aliphatic carbocycles. The van der Waals surface area contributed by atoms with E-state index in [9.17, 15) is 4.79 Å². The van der Waals surface area contributed by atoms with Crippen LogP contribution in [-0.2, 0) is 14.3 Å². The summed E-state index contributed by atoms with van der Waals surface area (Å²) in [6.07, 6.45) is 6.94. The molecule has 1 fully saturated rings. The van der Waals surface area contributed by atoms with E-state index in [0.29, 0.717) is 19.8 Å². The number of ether oxygens (including phenoxy) is 2. The van der Waals surface area contributed by atoms with Gasteiger partial charge in [-0.3, -0.25) is 4.79 Å². The summed E-state index contributed by atoms with van der Waals surface area (Å²) in [7, 11) is 0. The molecule has 19 heavy (non-hydrogen) atoms. The molecule has 4 heteroatoms. The van der Waals surface area contributed by atoms with E-state index in [2.05, 4.69) is 19.2 Å². The summed E-state index contributed by atoms with van der Waals surface area (Å²) in [5.74, 6) is -0.219. The van der Waals surface area contributed by atoms with Gasteiger partial charge in [0.2, 0.25) is 0 Å². The fourth-order valence-corrected chi connectivity index (χ4v) is 2.30. The summed E-state index contributed by atoms with van der Waals surface area (Å²) in [4.78, 5) is 12.0. The Morgan fingerprint density at radius 3 is 2.68 bits per heavy atom. The van der Waals surface area contributed by atoms with Gasteiger partial charge in [-0.25, -0.2) is 0 Å². The Morgan fingerprint density at radius 2 is 1.95 bits per heavy atom. The first-order chi connectivity index (χ1) is 9.29. The van der Waals surface area contributed by atoms with Crippen molar-refractivity contribution in [2.24, 2.45) is 5.92 Å². The maximum atomic E-state index is 12.0. The van der Waals surface area contributed by atoms with Crippen molar-refractivity contribution in [1.29, 1.82) is 0 Å². The molecule has 0 radical (unpaired) electrons. The molecule has 0 amide bonds. The highest BCUT2D eigenvalue weighted by atomic mass is 16.5. The largest absolute Gasteiger partial charge is 0.465 e. The van der Waals surface area contributed by atoms with Crippen molar-refractivity contribution in [2.75, 3.05) is 26.4 Å². The minimum Gasteiger partial charge on any atom is -0.465 e. The fourth-order valence-electron chi connectivity index (χ4n) is 2.30. The third-order valence-electron chi connectivity index (χ3n) is 3.53. The molecule has 0 spiro atoms. The van der Waals surface area contributed by atoms with Crippen molar-refractivity contribution in [1.82, 2.24) is 5.32 Å². The summed E-state index contributed by atoms with van der Waals surface area (Å²) in [5.41, 5.74) is 0. The Kier molecular flexibility index (Phi) is 8.84. The van der Waals surface area contributed by atoms with Gasteiger partial charge in [0.25, 0.3) is 0 Å². The number of carbonyl (C=O) groups is 1. The Labute approximate surface area is 117 Å². The maximum Gasteiger partial charge on any atom is 0.312 e. The van der Waals surface area contributed by atoms with Crippen LogP contribution in [0.15, 0.2) is 0 Å². The standard InChI is InChI=1S/C15H29NO3/c1-3-5-6-7-8-10-19-15(17)13-11-18-12-14(13)16-9-4-2/h13-14,16H,3-12H2,1-2H3. The second-order valence-electron chi connectivity index (χ2n) is 5.29. The van der Waals surface area contributed by atoms with Crippen molar-refractivity contribution in [2.45, 2.75) is 58.4 Å². The first-order valence-corrected chi connectivity index (χ1v) is 7.77. The molecule has 1 heterocycles. The molecular formula is C15H29NO3. The van der Waals surface area contributed by atoms with Crippen molar-refractivity contribution < 1.29 is 14.3 Å². The molecule has 112 valence electrons. The zero-order valence-electron chi connectivity index (χ0n) is 12.5. The van der Waals surface area contributed by atoms with Crippen LogP contribution >= 0.6 is 0 Å². The van der Waals surface area contributed by atoms with E-state index in [0.717, 1.165) is 25.8 Å². The Bertz CT molecular complexity index is 246. The average molecular weight is 271 g/mol. The molecule has 2 atom stereocenters. The first kappa shape index (κ1) is 16.4. The SMILES string of the molecule is CCCCCCCOC(=O)C1COCC1NCCC. The molecule has 4 nitrogen and oxygen atoms in total. The van der Waals surface area contributed by atoms with Crippen LogP contribution in [0.25, 0.3) is 0 Å². The number of nitrogens with one attached hydrogen (secondary N) is 1. The lowest BCUT2D eigenvalue weighted by Gasteiger charge is -2.17. The van der Waals surface area contributed by atoms with Crippen LogP contribution in [0.5, 0.6) is 0 Å². The van der Waals surface area contributed by atoms with Gasteiger partial charge in [0.05, 0.1) is 25.7 Å². The Morgan fingerprint density at radius 1 is 1.16 bits per heavy atom. The van der Waals surface area contributed by atoms with E-state index in [1.807, 2.05) is 0 Å². The highest BCUT2D eigenvalue weighted by Gasteiger charge is 2.34. The molecule has 2 unspecified atom stereocenters. The van der Waals surface area contributed by atoms with Gasteiger partial charge in [0.15, 0.2) is 0 Å². The monoisotopic (exact) mass is 271 g/mol. The normalized spacial score (nSPS) is 22.6. The summed E-state index contributed by atoms with van der Waals surface area (Å²) >= 11 is 0. The van der Waals surface area contributed by atoms with Gasteiger partial charge in [-0.05, 0) is 19.4 Å². The molecule has 0 aromatic carbocycles. The van der Waals surface area contributed by atoms with Gasteiger partial charge in [0, 0.05) is 6.04 Å². The van der Waals surface area contributed by atoms with E-state index in [1.54, 1.807) is 0 Å². The van der Waals surface area contributed by atoms with Crippen LogP contribution in [0.4, 0.5) is 0 Å². The van der Waals surface area contributed by atoms with Gasteiger partial charge in [0.1, 0.15) is 0 Å². The molecule has 1 aliphatic heterocycles. The van der Waals surface area contributed by atoms with E-state index < -0.39 is 0 Å². The number of hydrogen-bond acceptors (Lipinski definition) is 4. The maximum absolute atomic E-state index is 12.0. The van der Waals surface area contributed by atoms with Crippen molar-refractivity contribution in [3.63, 3.8) is 0 Å². The number of rotatable bonds is 10. The molecule has 1 N–H and O–H groups in total. The van der Waals surface area contributed by atoms with E-state index in [4.69, 9.17) is 9.47 Å². The van der Waals surface area contributed by atoms with Gasteiger partial charge >= 0.3 is 5.97 Å². The molecular weight excluding hydrogens is 242 g/mol. The lowest BCUT2D eigenvalue weighted by molar-refractivity contribution is -0.149.